The van der Waals surface area contributed by atoms with Crippen LogP contribution >= 0.6 is 0 Å². The lowest BCUT2D eigenvalue weighted by Crippen LogP contribution is -2.27. The van der Waals surface area contributed by atoms with Crippen molar-refractivity contribution in [2.24, 2.45) is 13.0 Å². The number of nitriles is 1. The second kappa shape index (κ2) is 3.14. The minimum absolute atomic E-state index is 0.133. The molecule has 1 aromatic rings. The second-order valence-electron chi connectivity index (χ2n) is 3.31. The van der Waals surface area contributed by atoms with Crippen molar-refractivity contribution < 1.29 is 4.79 Å². The molecule has 1 aliphatic rings. The lowest BCUT2D eigenvalue weighted by Gasteiger charge is -2.11. The molecule has 0 saturated carbocycles. The third-order valence-electron chi connectivity index (χ3n) is 2.34. The van der Waals surface area contributed by atoms with Crippen LogP contribution in [0.4, 0.5) is 5.82 Å². The Morgan fingerprint density at radius 3 is 3.00 bits per heavy atom. The van der Waals surface area contributed by atoms with Crippen molar-refractivity contribution in [3.63, 3.8) is 0 Å². The fourth-order valence-corrected chi connectivity index (χ4v) is 1.57. The van der Waals surface area contributed by atoms with E-state index in [2.05, 4.69) is 5.10 Å². The van der Waals surface area contributed by atoms with Crippen LogP contribution in [0.5, 0.6) is 0 Å². The Kier molecular flexibility index (Phi) is 1.97. The quantitative estimate of drug-likeness (QED) is 0.639. The molecule has 0 unspecified atom stereocenters. The zero-order valence-electron chi connectivity index (χ0n) is 7.84. The first-order valence-corrected chi connectivity index (χ1v) is 4.43. The molecule has 1 aliphatic heterocycles. The van der Waals surface area contributed by atoms with Gasteiger partial charge in [0, 0.05) is 25.9 Å². The van der Waals surface area contributed by atoms with E-state index in [0.29, 0.717) is 18.8 Å². The minimum Gasteiger partial charge on any atom is -0.294 e. The highest BCUT2D eigenvalue weighted by Gasteiger charge is 2.33. The number of aromatic nitrogens is 2. The molecule has 2 rings (SSSR count). The van der Waals surface area contributed by atoms with Gasteiger partial charge in [-0.3, -0.25) is 14.4 Å². The van der Waals surface area contributed by atoms with Crippen LogP contribution < -0.4 is 4.90 Å². The van der Waals surface area contributed by atoms with Crippen LogP contribution in [-0.2, 0) is 11.8 Å². The summed E-state index contributed by atoms with van der Waals surface area (Å²) in [6.45, 7) is 0.591. The van der Waals surface area contributed by atoms with E-state index in [1.165, 1.54) is 0 Å². The molecule has 0 aliphatic carbocycles. The van der Waals surface area contributed by atoms with E-state index < -0.39 is 5.92 Å². The fourth-order valence-electron chi connectivity index (χ4n) is 1.57. The van der Waals surface area contributed by atoms with Crippen LogP contribution in [0, 0.1) is 17.2 Å². The van der Waals surface area contributed by atoms with Crippen molar-refractivity contribution in [3.05, 3.63) is 12.3 Å². The SMILES string of the molecule is Cn1ccc(N2CC[C@H](C#N)C2=O)n1. The fraction of sp³-hybridized carbons (Fsp3) is 0.444. The standard InChI is InChI=1S/C9H10N4O/c1-12-4-3-8(11-12)13-5-2-7(6-10)9(13)14/h3-4,7H,2,5H2,1H3/t7-/m1/s1. The molecule has 5 nitrogen and oxygen atoms in total. The molecule has 1 amide bonds. The lowest BCUT2D eigenvalue weighted by molar-refractivity contribution is -0.119. The van der Waals surface area contributed by atoms with Gasteiger partial charge in [0.2, 0.25) is 5.91 Å². The van der Waals surface area contributed by atoms with E-state index in [-0.39, 0.29) is 5.91 Å². The van der Waals surface area contributed by atoms with E-state index in [9.17, 15) is 4.79 Å². The van der Waals surface area contributed by atoms with Crippen molar-refractivity contribution in [1.82, 2.24) is 9.78 Å². The number of rotatable bonds is 1. The van der Waals surface area contributed by atoms with Crippen molar-refractivity contribution in [2.45, 2.75) is 6.42 Å². The summed E-state index contributed by atoms with van der Waals surface area (Å²) in [6.07, 6.45) is 2.38. The number of aryl methyl sites for hydroxylation is 1. The Hall–Kier alpha value is -1.83. The van der Waals surface area contributed by atoms with E-state index in [4.69, 9.17) is 5.26 Å². The molecule has 2 heterocycles. The van der Waals surface area contributed by atoms with Gasteiger partial charge in [-0.1, -0.05) is 0 Å². The Morgan fingerprint density at radius 1 is 1.71 bits per heavy atom. The van der Waals surface area contributed by atoms with Crippen LogP contribution in [0.25, 0.3) is 0 Å². The summed E-state index contributed by atoms with van der Waals surface area (Å²) in [6, 6.07) is 3.77. The summed E-state index contributed by atoms with van der Waals surface area (Å²) >= 11 is 0. The summed E-state index contributed by atoms with van der Waals surface area (Å²) in [7, 11) is 1.80. The highest BCUT2D eigenvalue weighted by molar-refractivity contribution is 5.97. The molecule has 72 valence electrons. The number of carbonyl (C=O) groups excluding carboxylic acids is 1. The first-order chi connectivity index (χ1) is 6.72. The molecule has 0 bridgehead atoms. The average molecular weight is 190 g/mol. The molecule has 14 heavy (non-hydrogen) atoms. The number of nitrogens with zero attached hydrogens (tertiary/aromatic N) is 4. The summed E-state index contributed by atoms with van der Waals surface area (Å²) in [5, 5.41) is 12.8. The Bertz CT molecular complexity index is 403. The van der Waals surface area contributed by atoms with Crippen LogP contribution in [0.15, 0.2) is 12.3 Å². The summed E-state index contributed by atoms with van der Waals surface area (Å²) in [4.78, 5) is 13.2. The molecule has 1 aromatic heterocycles. The molecule has 1 fully saturated rings. The zero-order valence-corrected chi connectivity index (χ0v) is 7.84. The molecule has 0 spiro atoms. The average Bonchev–Trinajstić information content (AvgIpc) is 2.72. The van der Waals surface area contributed by atoms with E-state index >= 15 is 0 Å². The third kappa shape index (κ3) is 1.25. The van der Waals surface area contributed by atoms with Gasteiger partial charge < -0.3 is 0 Å². The van der Waals surface area contributed by atoms with Crippen molar-refractivity contribution >= 4 is 11.7 Å². The van der Waals surface area contributed by atoms with Gasteiger partial charge in [-0.25, -0.2) is 0 Å². The molecular weight excluding hydrogens is 180 g/mol. The second-order valence-corrected chi connectivity index (χ2v) is 3.31. The molecule has 1 saturated heterocycles. The van der Waals surface area contributed by atoms with Gasteiger partial charge in [-0.05, 0) is 6.42 Å². The van der Waals surface area contributed by atoms with Crippen molar-refractivity contribution in [2.75, 3.05) is 11.4 Å². The summed E-state index contributed by atoms with van der Waals surface area (Å²) < 4.78 is 1.64. The maximum Gasteiger partial charge on any atom is 0.245 e. The van der Waals surface area contributed by atoms with Crippen LogP contribution in [-0.4, -0.2) is 22.2 Å². The van der Waals surface area contributed by atoms with Gasteiger partial charge >= 0.3 is 0 Å². The molecule has 1 atom stereocenters. The van der Waals surface area contributed by atoms with Gasteiger partial charge in [-0.2, -0.15) is 10.4 Å². The maximum absolute atomic E-state index is 11.6. The smallest absolute Gasteiger partial charge is 0.245 e. The van der Waals surface area contributed by atoms with Crippen LogP contribution in [0.3, 0.4) is 0 Å². The predicted octanol–water partition coefficient (Wildman–Crippen LogP) is 0.297. The first-order valence-electron chi connectivity index (χ1n) is 4.43. The van der Waals surface area contributed by atoms with Crippen molar-refractivity contribution in [1.29, 1.82) is 5.26 Å². The topological polar surface area (TPSA) is 61.9 Å². The van der Waals surface area contributed by atoms with Crippen LogP contribution in [0.1, 0.15) is 6.42 Å². The summed E-state index contributed by atoms with van der Waals surface area (Å²) in [5.41, 5.74) is 0. The summed E-state index contributed by atoms with van der Waals surface area (Å²) in [5.74, 6) is 0.0125. The lowest BCUT2D eigenvalue weighted by atomic mass is 10.1. The van der Waals surface area contributed by atoms with Gasteiger partial charge in [0.1, 0.15) is 5.92 Å². The van der Waals surface area contributed by atoms with Gasteiger partial charge in [-0.15, -0.1) is 0 Å². The van der Waals surface area contributed by atoms with E-state index in [1.807, 2.05) is 6.07 Å². The van der Waals surface area contributed by atoms with E-state index in [0.717, 1.165) is 0 Å². The highest BCUT2D eigenvalue weighted by Crippen LogP contribution is 2.22. The Morgan fingerprint density at radius 2 is 2.50 bits per heavy atom. The first kappa shape index (κ1) is 8.75. The van der Waals surface area contributed by atoms with Crippen molar-refractivity contribution in [3.8, 4) is 6.07 Å². The molecule has 0 N–H and O–H groups in total. The monoisotopic (exact) mass is 190 g/mol. The number of hydrogen-bond donors (Lipinski definition) is 0. The molecular formula is C9H10N4O. The normalized spacial score (nSPS) is 21.3. The number of carbonyl (C=O) groups is 1. The van der Waals surface area contributed by atoms with Gasteiger partial charge in [0.15, 0.2) is 5.82 Å². The van der Waals surface area contributed by atoms with Gasteiger partial charge in [0.05, 0.1) is 6.07 Å². The zero-order chi connectivity index (χ0) is 10.1. The predicted molar refractivity (Wildman–Crippen MR) is 49.3 cm³/mol. The Balaban J connectivity index is 2.23. The molecule has 0 aromatic carbocycles. The third-order valence-corrected chi connectivity index (χ3v) is 2.34. The van der Waals surface area contributed by atoms with Crippen LogP contribution in [0.2, 0.25) is 0 Å². The Labute approximate surface area is 81.5 Å². The minimum atomic E-state index is -0.489. The molecule has 0 radical (unpaired) electrons. The largest absolute Gasteiger partial charge is 0.294 e. The maximum atomic E-state index is 11.6. The number of anilines is 1. The van der Waals surface area contributed by atoms with Gasteiger partial charge in [0.25, 0.3) is 0 Å². The number of amides is 1. The highest BCUT2D eigenvalue weighted by atomic mass is 16.2. The number of hydrogen-bond acceptors (Lipinski definition) is 3. The molecule has 5 heteroatoms. The van der Waals surface area contributed by atoms with E-state index in [1.54, 1.807) is 28.9 Å².